The number of para-hydroxylation sites is 1. The largest absolute Gasteiger partial charge is 0.456 e. The average molecular weight is 429 g/mol. The van der Waals surface area contributed by atoms with Gasteiger partial charge in [0.1, 0.15) is 11.2 Å². The van der Waals surface area contributed by atoms with Gasteiger partial charge in [0, 0.05) is 59.5 Å². The molecule has 0 radical (unpaired) electrons. The van der Waals surface area contributed by atoms with Crippen molar-refractivity contribution in [2.24, 2.45) is 4.99 Å². The van der Waals surface area contributed by atoms with Gasteiger partial charge in [0.2, 0.25) is 0 Å². The van der Waals surface area contributed by atoms with Crippen molar-refractivity contribution in [3.63, 3.8) is 0 Å². The molecule has 0 amide bonds. The predicted molar refractivity (Wildman–Crippen MR) is 126 cm³/mol. The number of morpholine rings is 1. The minimum absolute atomic E-state index is 0.0392. The summed E-state index contributed by atoms with van der Waals surface area (Å²) in [6, 6.07) is 18.6. The lowest BCUT2D eigenvalue weighted by Gasteiger charge is -2.37. The molecule has 162 valence electrons. The van der Waals surface area contributed by atoms with E-state index in [1.165, 1.54) is 6.07 Å². The summed E-state index contributed by atoms with van der Waals surface area (Å²) in [6.45, 7) is 5.50. The molecule has 32 heavy (non-hydrogen) atoms. The molecule has 0 aliphatic carbocycles. The van der Waals surface area contributed by atoms with Crippen molar-refractivity contribution in [2.45, 2.75) is 26.1 Å². The van der Waals surface area contributed by atoms with Crippen molar-refractivity contribution in [3.05, 3.63) is 76.3 Å². The van der Waals surface area contributed by atoms with E-state index in [1.54, 1.807) is 18.3 Å². The van der Waals surface area contributed by atoms with Crippen LogP contribution in [0.3, 0.4) is 0 Å². The number of ether oxygens (including phenoxy) is 1. The zero-order valence-electron chi connectivity index (χ0n) is 17.9. The Bertz CT molecular complexity index is 1330. The molecule has 3 aromatic carbocycles. The molecular weight excluding hydrogens is 406 g/mol. The number of benzene rings is 3. The molecule has 0 N–H and O–H groups in total. The van der Waals surface area contributed by atoms with E-state index < -0.39 is 0 Å². The second kappa shape index (κ2) is 8.09. The summed E-state index contributed by atoms with van der Waals surface area (Å²) in [7, 11) is 0. The number of nitro groups is 1. The predicted octanol–water partition coefficient (Wildman–Crippen LogP) is 5.86. The van der Waals surface area contributed by atoms with Crippen LogP contribution in [0, 0.1) is 10.1 Å². The lowest BCUT2D eigenvalue weighted by molar-refractivity contribution is -0.384. The SMILES string of the molecule is C[C@H]1CN(c2ccc([N+](=O)[O-])cc2C=Nc2ccc3c(c2)oc2ccccc23)C[C@H](C)O1. The molecule has 1 saturated heterocycles. The van der Waals surface area contributed by atoms with Gasteiger partial charge in [-0.2, -0.15) is 0 Å². The van der Waals surface area contributed by atoms with Gasteiger partial charge in [-0.15, -0.1) is 0 Å². The standard InChI is InChI=1S/C25H23N3O4/c1-16-14-27(15-17(2)31-16)23-10-8-20(28(29)30)11-18(23)13-26-19-7-9-22-21-5-3-4-6-24(21)32-25(22)12-19/h3-13,16-17H,14-15H2,1-2H3/t16-,17-/m0/s1. The van der Waals surface area contributed by atoms with E-state index >= 15 is 0 Å². The third kappa shape index (κ3) is 3.83. The van der Waals surface area contributed by atoms with Crippen LogP contribution in [0.2, 0.25) is 0 Å². The zero-order chi connectivity index (χ0) is 22.2. The highest BCUT2D eigenvalue weighted by molar-refractivity contribution is 6.05. The molecule has 7 heteroatoms. The molecule has 1 aromatic heterocycles. The van der Waals surface area contributed by atoms with Gasteiger partial charge in [-0.05, 0) is 38.1 Å². The van der Waals surface area contributed by atoms with Gasteiger partial charge in [0.25, 0.3) is 5.69 Å². The van der Waals surface area contributed by atoms with E-state index in [2.05, 4.69) is 9.89 Å². The number of hydrogen-bond acceptors (Lipinski definition) is 6. The Morgan fingerprint density at radius 1 is 1.00 bits per heavy atom. The minimum Gasteiger partial charge on any atom is -0.456 e. The zero-order valence-corrected chi connectivity index (χ0v) is 17.9. The summed E-state index contributed by atoms with van der Waals surface area (Å²) in [5.74, 6) is 0. The fraction of sp³-hybridized carbons (Fsp3) is 0.240. The molecular formula is C25H23N3O4. The van der Waals surface area contributed by atoms with E-state index in [-0.39, 0.29) is 22.8 Å². The van der Waals surface area contributed by atoms with Crippen LogP contribution in [0.4, 0.5) is 17.1 Å². The number of nitrogens with zero attached hydrogens (tertiary/aromatic N) is 3. The Morgan fingerprint density at radius 3 is 2.53 bits per heavy atom. The quantitative estimate of drug-likeness (QED) is 0.231. The van der Waals surface area contributed by atoms with Crippen LogP contribution in [0.5, 0.6) is 0 Å². The van der Waals surface area contributed by atoms with Gasteiger partial charge < -0.3 is 14.1 Å². The van der Waals surface area contributed by atoms with Gasteiger partial charge in [-0.3, -0.25) is 15.1 Å². The molecule has 1 aliphatic heterocycles. The van der Waals surface area contributed by atoms with Crippen LogP contribution in [0.25, 0.3) is 21.9 Å². The van der Waals surface area contributed by atoms with Crippen molar-refractivity contribution in [2.75, 3.05) is 18.0 Å². The second-order valence-corrected chi connectivity index (χ2v) is 8.20. The number of hydrogen-bond donors (Lipinski definition) is 0. The number of furan rings is 1. The topological polar surface area (TPSA) is 81.1 Å². The van der Waals surface area contributed by atoms with Gasteiger partial charge in [-0.25, -0.2) is 0 Å². The van der Waals surface area contributed by atoms with E-state index in [9.17, 15) is 10.1 Å². The first-order valence-corrected chi connectivity index (χ1v) is 10.6. The van der Waals surface area contributed by atoms with Crippen LogP contribution in [0.1, 0.15) is 19.4 Å². The molecule has 2 atom stereocenters. The van der Waals surface area contributed by atoms with Gasteiger partial charge >= 0.3 is 0 Å². The lowest BCUT2D eigenvalue weighted by atomic mass is 10.1. The summed E-state index contributed by atoms with van der Waals surface area (Å²) >= 11 is 0. The number of nitro benzene ring substituents is 1. The Labute approximate surface area is 185 Å². The molecule has 2 heterocycles. The molecule has 0 spiro atoms. The minimum atomic E-state index is -0.383. The summed E-state index contributed by atoms with van der Waals surface area (Å²) in [5, 5.41) is 13.5. The summed E-state index contributed by atoms with van der Waals surface area (Å²) in [5.41, 5.74) is 3.96. The lowest BCUT2D eigenvalue weighted by Crippen LogP contribution is -2.45. The smallest absolute Gasteiger partial charge is 0.270 e. The number of aliphatic imine (C=N–C) groups is 1. The highest BCUT2D eigenvalue weighted by atomic mass is 16.6. The first-order chi connectivity index (χ1) is 15.5. The molecule has 7 nitrogen and oxygen atoms in total. The second-order valence-electron chi connectivity index (χ2n) is 8.20. The van der Waals surface area contributed by atoms with Crippen LogP contribution in [-0.4, -0.2) is 36.4 Å². The molecule has 0 bridgehead atoms. The van der Waals surface area contributed by atoms with Crippen LogP contribution in [-0.2, 0) is 4.74 Å². The maximum absolute atomic E-state index is 11.4. The normalized spacial score (nSPS) is 19.2. The van der Waals surface area contributed by atoms with Crippen LogP contribution < -0.4 is 4.90 Å². The molecule has 4 aromatic rings. The maximum Gasteiger partial charge on any atom is 0.270 e. The van der Waals surface area contributed by atoms with Crippen LogP contribution in [0.15, 0.2) is 70.1 Å². The summed E-state index contributed by atoms with van der Waals surface area (Å²) in [6.07, 6.45) is 1.85. The van der Waals surface area contributed by atoms with Gasteiger partial charge in [-0.1, -0.05) is 18.2 Å². The molecule has 1 fully saturated rings. The highest BCUT2D eigenvalue weighted by Gasteiger charge is 2.24. The number of rotatable bonds is 4. The molecule has 0 unspecified atom stereocenters. The fourth-order valence-corrected chi connectivity index (χ4v) is 4.36. The van der Waals surface area contributed by atoms with Crippen molar-refractivity contribution in [1.29, 1.82) is 0 Å². The fourth-order valence-electron chi connectivity index (χ4n) is 4.36. The van der Waals surface area contributed by atoms with E-state index in [4.69, 9.17) is 9.15 Å². The third-order valence-electron chi connectivity index (χ3n) is 5.70. The van der Waals surface area contributed by atoms with E-state index in [1.807, 2.05) is 56.3 Å². The number of fused-ring (bicyclic) bond motifs is 3. The first kappa shape index (κ1) is 20.2. The number of non-ortho nitro benzene ring substituents is 1. The van der Waals surface area contributed by atoms with Gasteiger partial charge in [0.05, 0.1) is 22.8 Å². The third-order valence-corrected chi connectivity index (χ3v) is 5.70. The molecule has 5 rings (SSSR count). The van der Waals surface area contributed by atoms with E-state index in [0.717, 1.165) is 33.3 Å². The van der Waals surface area contributed by atoms with Crippen molar-refractivity contribution in [1.82, 2.24) is 0 Å². The van der Waals surface area contributed by atoms with E-state index in [0.29, 0.717) is 18.7 Å². The Hall–Kier alpha value is -3.71. The highest BCUT2D eigenvalue weighted by Crippen LogP contribution is 2.32. The van der Waals surface area contributed by atoms with Crippen molar-refractivity contribution >= 4 is 45.2 Å². The summed E-state index contributed by atoms with van der Waals surface area (Å²) in [4.78, 5) is 17.8. The van der Waals surface area contributed by atoms with Crippen LogP contribution >= 0.6 is 0 Å². The summed E-state index contributed by atoms with van der Waals surface area (Å²) < 4.78 is 11.8. The Kier molecular flexibility index (Phi) is 5.11. The molecule has 1 aliphatic rings. The first-order valence-electron chi connectivity index (χ1n) is 10.6. The Morgan fingerprint density at radius 2 is 1.75 bits per heavy atom. The van der Waals surface area contributed by atoms with Crippen molar-refractivity contribution < 1.29 is 14.1 Å². The van der Waals surface area contributed by atoms with Gasteiger partial charge in [0.15, 0.2) is 0 Å². The Balaban J connectivity index is 1.52. The number of anilines is 1. The molecule has 0 saturated carbocycles. The monoisotopic (exact) mass is 429 g/mol. The van der Waals surface area contributed by atoms with Crippen molar-refractivity contribution in [3.8, 4) is 0 Å². The average Bonchev–Trinajstić information content (AvgIpc) is 3.14. The maximum atomic E-state index is 11.4.